The van der Waals surface area contributed by atoms with E-state index < -0.39 is 23.0 Å². The van der Waals surface area contributed by atoms with E-state index in [0.29, 0.717) is 4.31 Å². The third-order valence-electron chi connectivity index (χ3n) is 1.58. The Balaban J connectivity index is 2.86. The molecule has 0 atom stereocenters. The van der Waals surface area contributed by atoms with Crippen LogP contribution >= 0.6 is 0 Å². The van der Waals surface area contributed by atoms with E-state index in [1.165, 1.54) is 0 Å². The molecule has 0 fully saturated rings. The maximum absolute atomic E-state index is 11.9. The summed E-state index contributed by atoms with van der Waals surface area (Å²) in [7, 11) is -2.74. The zero-order chi connectivity index (χ0) is 10.8. The third kappa shape index (κ3) is 2.26. The lowest BCUT2D eigenvalue weighted by Crippen LogP contribution is -2.31. The van der Waals surface area contributed by atoms with Crippen LogP contribution in [0.1, 0.15) is 0 Å². The summed E-state index contributed by atoms with van der Waals surface area (Å²) in [6.07, 6.45) is -0.490. The van der Waals surface area contributed by atoms with Gasteiger partial charge in [0, 0.05) is 13.2 Å². The molecule has 14 heavy (non-hydrogen) atoms. The maximum atomic E-state index is 11.9. The Morgan fingerprint density at radius 2 is 2.29 bits per heavy atom. The van der Waals surface area contributed by atoms with Crippen molar-refractivity contribution < 1.29 is 17.2 Å². The van der Waals surface area contributed by atoms with Gasteiger partial charge in [-0.2, -0.15) is 9.40 Å². The lowest BCUT2D eigenvalue weighted by molar-refractivity contribution is 0.126. The van der Waals surface area contributed by atoms with Gasteiger partial charge in [-0.25, -0.2) is 17.2 Å². The second kappa shape index (κ2) is 4.01. The lowest BCUT2D eigenvalue weighted by atomic mass is 10.7. The van der Waals surface area contributed by atoms with Crippen LogP contribution in [0.3, 0.4) is 0 Å². The fourth-order valence-electron chi connectivity index (χ4n) is 0.853. The monoisotopic (exact) mass is 225 g/mol. The fourth-order valence-corrected chi connectivity index (χ4v) is 1.91. The number of alkyl halides is 2. The molecule has 5 nitrogen and oxygen atoms in total. The summed E-state index contributed by atoms with van der Waals surface area (Å²) < 4.78 is 47.4. The van der Waals surface area contributed by atoms with Crippen LogP contribution in [0, 0.1) is 0 Å². The third-order valence-corrected chi connectivity index (χ3v) is 3.37. The van der Waals surface area contributed by atoms with Crippen molar-refractivity contribution in [3.63, 3.8) is 0 Å². The highest BCUT2D eigenvalue weighted by atomic mass is 32.2. The van der Waals surface area contributed by atoms with Gasteiger partial charge in [0.1, 0.15) is 4.90 Å². The molecule has 0 unspecified atom stereocenters. The summed E-state index contributed by atoms with van der Waals surface area (Å²) in [6.45, 7) is -0.826. The van der Waals surface area contributed by atoms with Crippen molar-refractivity contribution in [3.05, 3.63) is 12.4 Å². The quantitative estimate of drug-likeness (QED) is 0.801. The Bertz CT molecular complexity index is 376. The van der Waals surface area contributed by atoms with Crippen LogP contribution in [-0.2, 0) is 10.0 Å². The van der Waals surface area contributed by atoms with Crippen LogP contribution in [0.25, 0.3) is 0 Å². The number of hydrogen-bond acceptors (Lipinski definition) is 3. The number of sulfonamides is 1. The first-order valence-electron chi connectivity index (χ1n) is 3.68. The molecule has 0 aromatic carbocycles. The standard InChI is InChI=1S/C6H9F2N3O2S/c1-11(4-6(7)8)14(12,13)5-2-9-10-3-5/h2-3,6H,4H2,1H3,(H,9,10). The Labute approximate surface area is 79.8 Å². The Morgan fingerprint density at radius 1 is 1.64 bits per heavy atom. The topological polar surface area (TPSA) is 66.1 Å². The lowest BCUT2D eigenvalue weighted by Gasteiger charge is -2.14. The molecule has 0 aliphatic carbocycles. The molecule has 0 radical (unpaired) electrons. The zero-order valence-corrected chi connectivity index (χ0v) is 8.13. The van der Waals surface area contributed by atoms with Crippen molar-refractivity contribution in [1.29, 1.82) is 0 Å². The second-order valence-corrected chi connectivity index (χ2v) is 4.66. The van der Waals surface area contributed by atoms with Crippen LogP contribution in [0.5, 0.6) is 0 Å². The predicted octanol–water partition coefficient (Wildman–Crippen LogP) is 0.295. The molecule has 1 aromatic heterocycles. The van der Waals surface area contributed by atoms with Gasteiger partial charge >= 0.3 is 0 Å². The highest BCUT2D eigenvalue weighted by Crippen LogP contribution is 2.12. The molecule has 0 aliphatic heterocycles. The van der Waals surface area contributed by atoms with Crippen molar-refractivity contribution in [2.75, 3.05) is 13.6 Å². The minimum Gasteiger partial charge on any atom is -0.284 e. The molecule has 8 heteroatoms. The fraction of sp³-hybridized carbons (Fsp3) is 0.500. The van der Waals surface area contributed by atoms with Crippen molar-refractivity contribution in [3.8, 4) is 0 Å². The van der Waals surface area contributed by atoms with Gasteiger partial charge in [0.15, 0.2) is 0 Å². The number of H-pyrrole nitrogens is 1. The van der Waals surface area contributed by atoms with Gasteiger partial charge in [-0.1, -0.05) is 0 Å². The number of aromatic amines is 1. The minimum absolute atomic E-state index is 0.124. The molecule has 80 valence electrons. The van der Waals surface area contributed by atoms with Crippen LogP contribution < -0.4 is 0 Å². The Hall–Kier alpha value is -1.02. The van der Waals surface area contributed by atoms with E-state index in [9.17, 15) is 17.2 Å². The van der Waals surface area contributed by atoms with Gasteiger partial charge in [-0.05, 0) is 0 Å². The smallest absolute Gasteiger partial charge is 0.252 e. The first-order valence-corrected chi connectivity index (χ1v) is 5.12. The van der Waals surface area contributed by atoms with E-state index >= 15 is 0 Å². The average Bonchev–Trinajstić information content (AvgIpc) is 2.54. The minimum atomic E-state index is -3.83. The average molecular weight is 225 g/mol. The molecule has 1 N–H and O–H groups in total. The van der Waals surface area contributed by atoms with Crippen LogP contribution in [-0.4, -0.2) is 42.9 Å². The largest absolute Gasteiger partial charge is 0.284 e. The summed E-state index contributed by atoms with van der Waals surface area (Å²) in [6, 6.07) is 0. The van der Waals surface area contributed by atoms with Gasteiger partial charge in [0.05, 0.1) is 12.7 Å². The Kier molecular flexibility index (Phi) is 3.17. The van der Waals surface area contributed by atoms with Crippen LogP contribution in [0.2, 0.25) is 0 Å². The summed E-state index contributed by atoms with van der Waals surface area (Å²) >= 11 is 0. The van der Waals surface area contributed by atoms with Gasteiger partial charge in [-0.3, -0.25) is 5.10 Å². The van der Waals surface area contributed by atoms with E-state index in [0.717, 1.165) is 19.4 Å². The van der Waals surface area contributed by atoms with Crippen molar-refractivity contribution in [1.82, 2.24) is 14.5 Å². The van der Waals surface area contributed by atoms with Gasteiger partial charge in [-0.15, -0.1) is 0 Å². The number of rotatable bonds is 4. The van der Waals surface area contributed by atoms with Gasteiger partial charge in [0.25, 0.3) is 6.43 Å². The molecular formula is C6H9F2N3O2S. The number of halogens is 2. The van der Waals surface area contributed by atoms with Gasteiger partial charge < -0.3 is 0 Å². The summed E-state index contributed by atoms with van der Waals surface area (Å²) in [5, 5.41) is 5.73. The number of aromatic nitrogens is 2. The zero-order valence-electron chi connectivity index (χ0n) is 7.31. The first kappa shape index (κ1) is 11.1. The molecule has 1 rings (SSSR count). The van der Waals surface area contributed by atoms with E-state index in [4.69, 9.17) is 0 Å². The maximum Gasteiger partial charge on any atom is 0.252 e. The molecule has 0 saturated carbocycles. The highest BCUT2D eigenvalue weighted by molar-refractivity contribution is 7.89. The second-order valence-electron chi connectivity index (χ2n) is 2.61. The normalized spacial score (nSPS) is 12.6. The molecular weight excluding hydrogens is 216 g/mol. The number of hydrogen-bond donors (Lipinski definition) is 1. The molecule has 0 spiro atoms. The van der Waals surface area contributed by atoms with Crippen LogP contribution in [0.15, 0.2) is 17.3 Å². The van der Waals surface area contributed by atoms with Crippen molar-refractivity contribution >= 4 is 10.0 Å². The van der Waals surface area contributed by atoms with E-state index in [1.54, 1.807) is 0 Å². The number of nitrogens with one attached hydrogen (secondary N) is 1. The molecule has 1 heterocycles. The summed E-state index contributed by atoms with van der Waals surface area (Å²) in [5.41, 5.74) is 0. The Morgan fingerprint density at radius 3 is 2.71 bits per heavy atom. The van der Waals surface area contributed by atoms with E-state index in [1.807, 2.05) is 0 Å². The van der Waals surface area contributed by atoms with Crippen molar-refractivity contribution in [2.45, 2.75) is 11.3 Å². The van der Waals surface area contributed by atoms with Gasteiger partial charge in [0.2, 0.25) is 10.0 Å². The highest BCUT2D eigenvalue weighted by Gasteiger charge is 2.24. The molecule has 1 aromatic rings. The molecule has 0 amide bonds. The van der Waals surface area contributed by atoms with E-state index in [2.05, 4.69) is 10.2 Å². The summed E-state index contributed by atoms with van der Waals surface area (Å²) in [5.74, 6) is 0. The first-order chi connectivity index (χ1) is 6.44. The SMILES string of the molecule is CN(CC(F)F)S(=O)(=O)c1cn[nH]c1. The molecule has 0 aliphatic rings. The van der Waals surface area contributed by atoms with E-state index in [-0.39, 0.29) is 4.90 Å². The number of nitrogens with zero attached hydrogens (tertiary/aromatic N) is 2. The summed E-state index contributed by atoms with van der Waals surface area (Å²) in [4.78, 5) is -0.124. The molecule has 0 saturated heterocycles. The predicted molar refractivity (Wildman–Crippen MR) is 44.4 cm³/mol. The molecule has 0 bridgehead atoms. The van der Waals surface area contributed by atoms with Crippen molar-refractivity contribution in [2.24, 2.45) is 0 Å². The van der Waals surface area contributed by atoms with Crippen LogP contribution in [0.4, 0.5) is 8.78 Å².